The van der Waals surface area contributed by atoms with Gasteiger partial charge in [-0.2, -0.15) is 0 Å². The highest BCUT2D eigenvalue weighted by atomic mass is 16.7. The molecule has 0 radical (unpaired) electrons. The summed E-state index contributed by atoms with van der Waals surface area (Å²) < 4.78 is 22.2. The van der Waals surface area contributed by atoms with Crippen molar-refractivity contribution in [2.45, 2.75) is 0 Å². The Morgan fingerprint density at radius 2 is 0.844 bits per heavy atom. The van der Waals surface area contributed by atoms with Gasteiger partial charge in [-0.3, -0.25) is 0 Å². The predicted octanol–water partition coefficient (Wildman–Crippen LogP) is 6.26. The summed E-state index contributed by atoms with van der Waals surface area (Å²) in [6.07, 6.45) is -0.978. The molecule has 0 aliphatic rings. The van der Waals surface area contributed by atoms with Crippen molar-refractivity contribution in [3.8, 4) is 46.0 Å². The van der Waals surface area contributed by atoms with Gasteiger partial charge in [-0.25, -0.2) is 4.79 Å². The van der Waals surface area contributed by atoms with Gasteiger partial charge in [0.25, 0.3) is 0 Å². The van der Waals surface area contributed by atoms with E-state index in [0.29, 0.717) is 23.0 Å². The number of phenolic OH excluding ortho intramolecular Hbond substituents is 2. The zero-order valence-electron chi connectivity index (χ0n) is 16.7. The van der Waals surface area contributed by atoms with Gasteiger partial charge in [0.1, 0.15) is 23.0 Å². The molecule has 4 aromatic rings. The largest absolute Gasteiger partial charge is 0.519 e. The fourth-order valence-electron chi connectivity index (χ4n) is 2.72. The lowest BCUT2D eigenvalue weighted by Crippen LogP contribution is -2.14. The van der Waals surface area contributed by atoms with Gasteiger partial charge in [0, 0.05) is 0 Å². The number of carbonyl (C=O) groups is 1. The van der Waals surface area contributed by atoms with E-state index >= 15 is 0 Å². The van der Waals surface area contributed by atoms with E-state index < -0.39 is 6.16 Å². The van der Waals surface area contributed by atoms with E-state index in [1.165, 1.54) is 24.3 Å². The summed E-state index contributed by atoms with van der Waals surface area (Å²) in [6, 6.07) is 25.5. The van der Waals surface area contributed by atoms with Crippen LogP contribution >= 0.6 is 0 Å². The van der Waals surface area contributed by atoms with Crippen molar-refractivity contribution in [3.63, 3.8) is 0 Å². The van der Waals surface area contributed by atoms with Crippen molar-refractivity contribution in [1.82, 2.24) is 0 Å². The lowest BCUT2D eigenvalue weighted by molar-refractivity contribution is 0.149. The number of rotatable bonds is 6. The number of carbonyl (C=O) groups excluding carboxylic acids is 1. The third-order valence-corrected chi connectivity index (χ3v) is 4.21. The van der Waals surface area contributed by atoms with Crippen LogP contribution in [0.3, 0.4) is 0 Å². The zero-order valence-corrected chi connectivity index (χ0v) is 16.7. The molecule has 0 heterocycles. The molecule has 2 N–H and O–H groups in total. The zero-order chi connectivity index (χ0) is 22.3. The van der Waals surface area contributed by atoms with Crippen LogP contribution in [-0.2, 0) is 0 Å². The Morgan fingerprint density at radius 1 is 0.500 bits per heavy atom. The average Bonchev–Trinajstić information content (AvgIpc) is 2.79. The summed E-state index contributed by atoms with van der Waals surface area (Å²) in [5, 5.41) is 18.8. The third-order valence-electron chi connectivity index (χ3n) is 4.21. The minimum atomic E-state index is -0.978. The van der Waals surface area contributed by atoms with E-state index in [1.54, 1.807) is 72.8 Å². The molecule has 0 unspecified atom stereocenters. The Kier molecular flexibility index (Phi) is 6.08. The molecule has 0 aliphatic heterocycles. The molecular formula is C25H18O7. The lowest BCUT2D eigenvalue weighted by atomic mass is 10.3. The summed E-state index contributed by atoms with van der Waals surface area (Å²) in [5.74, 6) is 2.04. The third kappa shape index (κ3) is 5.28. The fraction of sp³-hybridized carbons (Fsp3) is 0. The quantitative estimate of drug-likeness (QED) is 0.275. The molecule has 4 rings (SSSR count). The minimum Gasteiger partial charge on any atom is -0.508 e. The van der Waals surface area contributed by atoms with Crippen LogP contribution in [0.25, 0.3) is 0 Å². The van der Waals surface area contributed by atoms with Crippen LogP contribution in [0, 0.1) is 0 Å². The van der Waals surface area contributed by atoms with Crippen LogP contribution in [0.4, 0.5) is 4.79 Å². The Labute approximate surface area is 183 Å². The molecule has 4 aromatic carbocycles. The Hall–Kier alpha value is -4.65. The maximum Gasteiger partial charge on any atom is 0.519 e. The van der Waals surface area contributed by atoms with Crippen LogP contribution in [0.5, 0.6) is 46.0 Å². The van der Waals surface area contributed by atoms with Crippen molar-refractivity contribution < 1.29 is 34.0 Å². The molecule has 0 atom stereocenters. The Balaban J connectivity index is 1.47. The standard InChI is InChI=1S/C25H18O7/c26-17-9-13-19(14-10-17)29-21-5-1-3-7-23(21)31-25(28)32-24-8-4-2-6-22(24)30-20-15-11-18(27)12-16-20/h1-16,26-27H. The topological polar surface area (TPSA) is 94.5 Å². The molecular weight excluding hydrogens is 412 g/mol. The first-order chi connectivity index (χ1) is 15.6. The maximum atomic E-state index is 12.5. The summed E-state index contributed by atoms with van der Waals surface area (Å²) >= 11 is 0. The molecule has 0 bridgehead atoms. The number of hydrogen-bond acceptors (Lipinski definition) is 7. The van der Waals surface area contributed by atoms with E-state index in [9.17, 15) is 15.0 Å². The minimum absolute atomic E-state index is 0.110. The smallest absolute Gasteiger partial charge is 0.508 e. The molecule has 0 fully saturated rings. The molecule has 7 nitrogen and oxygen atoms in total. The van der Waals surface area contributed by atoms with Gasteiger partial charge in [-0.1, -0.05) is 24.3 Å². The van der Waals surface area contributed by atoms with E-state index in [1.807, 2.05) is 0 Å². The van der Waals surface area contributed by atoms with Crippen molar-refractivity contribution in [2.24, 2.45) is 0 Å². The lowest BCUT2D eigenvalue weighted by Gasteiger charge is -2.13. The van der Waals surface area contributed by atoms with Crippen LogP contribution < -0.4 is 18.9 Å². The summed E-state index contributed by atoms with van der Waals surface area (Å²) in [5.41, 5.74) is 0. The SMILES string of the molecule is O=C(Oc1ccccc1Oc1ccc(O)cc1)Oc1ccccc1Oc1ccc(O)cc1. The van der Waals surface area contributed by atoms with Crippen molar-refractivity contribution >= 4 is 6.16 Å². The number of aromatic hydroxyl groups is 2. The maximum absolute atomic E-state index is 12.5. The van der Waals surface area contributed by atoms with E-state index in [0.717, 1.165) is 0 Å². The monoisotopic (exact) mass is 430 g/mol. The number of para-hydroxylation sites is 4. The molecule has 0 aromatic heterocycles. The van der Waals surface area contributed by atoms with Gasteiger partial charge in [0.05, 0.1) is 0 Å². The molecule has 0 amide bonds. The highest BCUT2D eigenvalue weighted by molar-refractivity contribution is 5.69. The molecule has 0 spiro atoms. The second kappa shape index (κ2) is 9.44. The first-order valence-corrected chi connectivity index (χ1v) is 9.58. The van der Waals surface area contributed by atoms with Crippen LogP contribution in [-0.4, -0.2) is 16.4 Å². The summed E-state index contributed by atoms with van der Waals surface area (Å²) in [7, 11) is 0. The van der Waals surface area contributed by atoms with Gasteiger partial charge in [0.2, 0.25) is 0 Å². The van der Waals surface area contributed by atoms with Gasteiger partial charge < -0.3 is 29.2 Å². The van der Waals surface area contributed by atoms with E-state index in [2.05, 4.69) is 0 Å². The van der Waals surface area contributed by atoms with E-state index in [-0.39, 0.29) is 23.0 Å². The molecule has 7 heteroatoms. The first kappa shape index (κ1) is 20.6. The number of phenols is 2. The van der Waals surface area contributed by atoms with Gasteiger partial charge >= 0.3 is 6.16 Å². The molecule has 0 saturated heterocycles. The fourth-order valence-corrected chi connectivity index (χ4v) is 2.72. The van der Waals surface area contributed by atoms with Crippen molar-refractivity contribution in [2.75, 3.05) is 0 Å². The summed E-state index contributed by atoms with van der Waals surface area (Å²) in [4.78, 5) is 12.5. The Bertz CT molecular complexity index is 1110. The highest BCUT2D eigenvalue weighted by Gasteiger charge is 2.16. The van der Waals surface area contributed by atoms with Crippen LogP contribution in [0.2, 0.25) is 0 Å². The average molecular weight is 430 g/mol. The molecule has 0 saturated carbocycles. The number of ether oxygens (including phenoxy) is 4. The second-order valence-corrected chi connectivity index (χ2v) is 6.54. The molecule has 160 valence electrons. The number of hydrogen-bond donors (Lipinski definition) is 2. The predicted molar refractivity (Wildman–Crippen MR) is 116 cm³/mol. The first-order valence-electron chi connectivity index (χ1n) is 9.58. The summed E-state index contributed by atoms with van der Waals surface area (Å²) in [6.45, 7) is 0. The molecule has 0 aliphatic carbocycles. The Morgan fingerprint density at radius 3 is 1.22 bits per heavy atom. The van der Waals surface area contributed by atoms with Crippen molar-refractivity contribution in [3.05, 3.63) is 97.1 Å². The molecule has 32 heavy (non-hydrogen) atoms. The van der Waals surface area contributed by atoms with Crippen LogP contribution in [0.15, 0.2) is 97.1 Å². The van der Waals surface area contributed by atoms with E-state index in [4.69, 9.17) is 18.9 Å². The van der Waals surface area contributed by atoms with Crippen molar-refractivity contribution in [1.29, 1.82) is 0 Å². The van der Waals surface area contributed by atoms with Gasteiger partial charge in [-0.15, -0.1) is 0 Å². The van der Waals surface area contributed by atoms with Gasteiger partial charge in [-0.05, 0) is 72.8 Å². The van der Waals surface area contributed by atoms with Crippen LogP contribution in [0.1, 0.15) is 0 Å². The van der Waals surface area contributed by atoms with Gasteiger partial charge in [0.15, 0.2) is 23.0 Å². The number of benzene rings is 4. The highest BCUT2D eigenvalue weighted by Crippen LogP contribution is 2.34. The second-order valence-electron chi connectivity index (χ2n) is 6.54. The normalized spacial score (nSPS) is 10.2.